The Morgan fingerprint density at radius 1 is 1.05 bits per heavy atom. The summed E-state index contributed by atoms with van der Waals surface area (Å²) in [5.74, 6) is 7.58. The first-order valence-corrected chi connectivity index (χ1v) is 12.5. The summed E-state index contributed by atoms with van der Waals surface area (Å²) in [6.07, 6.45) is 2.89. The lowest BCUT2D eigenvalue weighted by Gasteiger charge is -2.36. The maximum Gasteiger partial charge on any atom is 0.405 e. The highest BCUT2D eigenvalue weighted by atomic mass is 16.5. The van der Waals surface area contributed by atoms with Gasteiger partial charge >= 0.3 is 12.1 Å². The molecular formula is C28H35N3O6. The number of methoxy groups -OCH3 is 2. The summed E-state index contributed by atoms with van der Waals surface area (Å²) in [6, 6.07) is 11.0. The molecule has 0 bridgehead atoms. The van der Waals surface area contributed by atoms with Crippen LogP contribution in [0.3, 0.4) is 0 Å². The van der Waals surface area contributed by atoms with Gasteiger partial charge in [-0.3, -0.25) is 4.90 Å². The number of nitrogens with one attached hydrogen (secondary N) is 1. The van der Waals surface area contributed by atoms with Crippen molar-refractivity contribution in [3.63, 3.8) is 0 Å². The topological polar surface area (TPSA) is 101 Å². The van der Waals surface area contributed by atoms with E-state index < -0.39 is 6.09 Å². The number of ether oxygens (including phenoxy) is 3. The van der Waals surface area contributed by atoms with E-state index in [1.165, 1.54) is 0 Å². The second-order valence-electron chi connectivity index (χ2n) is 8.59. The van der Waals surface area contributed by atoms with Gasteiger partial charge in [0.2, 0.25) is 0 Å². The van der Waals surface area contributed by atoms with Gasteiger partial charge in [-0.15, -0.1) is 0 Å². The van der Waals surface area contributed by atoms with E-state index in [-0.39, 0.29) is 12.6 Å². The number of carbonyl (C=O) groups excluding carboxylic acids is 1. The minimum absolute atomic E-state index is 0.0361. The summed E-state index contributed by atoms with van der Waals surface area (Å²) in [4.78, 5) is 27.6. The van der Waals surface area contributed by atoms with Gasteiger partial charge in [-0.2, -0.15) is 0 Å². The van der Waals surface area contributed by atoms with Crippen molar-refractivity contribution in [2.45, 2.75) is 39.2 Å². The summed E-state index contributed by atoms with van der Waals surface area (Å²) in [7, 11) is 3.19. The third kappa shape index (κ3) is 7.71. The quantitative estimate of drug-likeness (QED) is 0.336. The number of unbranched alkanes of at least 4 members (excludes halogenated alkanes) is 2. The highest BCUT2D eigenvalue weighted by molar-refractivity contribution is 5.93. The van der Waals surface area contributed by atoms with Crippen LogP contribution in [0.25, 0.3) is 0 Å². The number of anilines is 1. The van der Waals surface area contributed by atoms with Crippen molar-refractivity contribution in [2.75, 3.05) is 45.4 Å². The molecule has 0 radical (unpaired) electrons. The smallest absolute Gasteiger partial charge is 0.405 e. The van der Waals surface area contributed by atoms with Crippen LogP contribution in [0.5, 0.6) is 17.2 Å². The Morgan fingerprint density at radius 2 is 1.86 bits per heavy atom. The maximum absolute atomic E-state index is 13.5. The average Bonchev–Trinajstić information content (AvgIpc) is 2.90. The molecule has 0 aliphatic carbocycles. The lowest BCUT2D eigenvalue weighted by molar-refractivity contribution is 0.191. The number of benzene rings is 2. The number of amides is 3. The summed E-state index contributed by atoms with van der Waals surface area (Å²) in [5, 5.41) is 10.8. The Labute approximate surface area is 218 Å². The van der Waals surface area contributed by atoms with Crippen molar-refractivity contribution in [1.29, 1.82) is 0 Å². The van der Waals surface area contributed by atoms with E-state index in [1.54, 1.807) is 30.1 Å². The van der Waals surface area contributed by atoms with Gasteiger partial charge < -0.3 is 29.5 Å². The van der Waals surface area contributed by atoms with Gasteiger partial charge in [0.25, 0.3) is 0 Å². The van der Waals surface area contributed by atoms with Gasteiger partial charge in [-0.1, -0.05) is 37.7 Å². The molecule has 1 fully saturated rings. The summed E-state index contributed by atoms with van der Waals surface area (Å²) in [6.45, 7) is 4.43. The molecule has 2 aromatic carbocycles. The molecule has 9 nitrogen and oxygen atoms in total. The lowest BCUT2D eigenvalue weighted by Crippen LogP contribution is -2.49. The fourth-order valence-electron chi connectivity index (χ4n) is 4.07. The molecule has 1 heterocycles. The fourth-order valence-corrected chi connectivity index (χ4v) is 4.07. The molecule has 0 atom stereocenters. The van der Waals surface area contributed by atoms with E-state index in [2.05, 4.69) is 24.1 Å². The number of nitrogens with zero attached hydrogens (tertiary/aromatic N) is 2. The summed E-state index contributed by atoms with van der Waals surface area (Å²) < 4.78 is 17.0. The van der Waals surface area contributed by atoms with Gasteiger partial charge in [0.1, 0.15) is 5.75 Å². The molecule has 1 aliphatic rings. The first kappa shape index (κ1) is 27.5. The molecule has 3 rings (SSSR count). The highest BCUT2D eigenvalue weighted by Crippen LogP contribution is 2.34. The number of carboxylic acid groups (broad SMARTS) is 1. The molecular weight excluding hydrogens is 474 g/mol. The van der Waals surface area contributed by atoms with Crippen LogP contribution in [0.1, 0.15) is 43.7 Å². The third-order valence-corrected chi connectivity index (χ3v) is 5.98. The molecule has 2 N–H and O–H groups in total. The number of rotatable bonds is 11. The molecule has 2 aromatic rings. The van der Waals surface area contributed by atoms with Crippen molar-refractivity contribution in [3.05, 3.63) is 47.5 Å². The van der Waals surface area contributed by atoms with Crippen LogP contribution in [0.15, 0.2) is 36.4 Å². The SMILES string of the molecule is CCCCCOc1cc(N2CCCN(Cc3ccc(C#CCNC(=O)O)cc3OC)C2=O)ccc1OC. The number of carbonyl (C=O) groups is 2. The standard InChI is InChI=1S/C28H35N3O6/c1-4-5-6-17-37-26-19-23(12-13-24(26)35-2)31-16-8-15-30(28(31)34)20-22-11-10-21(18-25(22)36-3)9-7-14-29-27(32)33/h10-13,18-19,29H,4-6,8,14-17,20H2,1-3H3,(H,32,33). The van der Waals surface area contributed by atoms with Crippen molar-refractivity contribution in [3.8, 4) is 29.1 Å². The first-order chi connectivity index (χ1) is 18.0. The molecule has 0 spiro atoms. The van der Waals surface area contributed by atoms with Gasteiger partial charge in [0.15, 0.2) is 11.5 Å². The van der Waals surface area contributed by atoms with Crippen LogP contribution in [0, 0.1) is 11.8 Å². The van der Waals surface area contributed by atoms with E-state index in [1.807, 2.05) is 30.3 Å². The van der Waals surface area contributed by atoms with Crippen molar-refractivity contribution in [1.82, 2.24) is 10.2 Å². The van der Waals surface area contributed by atoms with Gasteiger partial charge in [0.05, 0.1) is 33.9 Å². The molecule has 0 saturated carbocycles. The van der Waals surface area contributed by atoms with E-state index >= 15 is 0 Å². The Bertz CT molecular complexity index is 1140. The summed E-state index contributed by atoms with van der Waals surface area (Å²) >= 11 is 0. The first-order valence-electron chi connectivity index (χ1n) is 12.5. The zero-order chi connectivity index (χ0) is 26.6. The van der Waals surface area contributed by atoms with Crippen LogP contribution in [-0.2, 0) is 6.54 Å². The molecule has 198 valence electrons. The Balaban J connectivity index is 1.72. The zero-order valence-corrected chi connectivity index (χ0v) is 21.7. The second-order valence-corrected chi connectivity index (χ2v) is 8.59. The summed E-state index contributed by atoms with van der Waals surface area (Å²) in [5.41, 5.74) is 2.33. The third-order valence-electron chi connectivity index (χ3n) is 5.98. The second kappa shape index (κ2) is 13.9. The molecule has 1 aliphatic heterocycles. The van der Waals surface area contributed by atoms with Crippen LogP contribution in [0.2, 0.25) is 0 Å². The van der Waals surface area contributed by atoms with Crippen LogP contribution in [0.4, 0.5) is 15.3 Å². The van der Waals surface area contributed by atoms with Crippen LogP contribution in [-0.4, -0.2) is 62.6 Å². The van der Waals surface area contributed by atoms with Gasteiger partial charge in [-0.05, 0) is 37.1 Å². The van der Waals surface area contributed by atoms with E-state index in [0.29, 0.717) is 49.1 Å². The maximum atomic E-state index is 13.5. The van der Waals surface area contributed by atoms with E-state index in [9.17, 15) is 9.59 Å². The highest BCUT2D eigenvalue weighted by Gasteiger charge is 2.28. The normalized spacial score (nSPS) is 13.0. The van der Waals surface area contributed by atoms with Crippen LogP contribution >= 0.6 is 0 Å². The van der Waals surface area contributed by atoms with Crippen molar-refractivity contribution in [2.24, 2.45) is 0 Å². The molecule has 37 heavy (non-hydrogen) atoms. The molecule has 3 amide bonds. The predicted octanol–water partition coefficient (Wildman–Crippen LogP) is 4.72. The number of hydrogen-bond acceptors (Lipinski definition) is 5. The van der Waals surface area contributed by atoms with Crippen molar-refractivity contribution >= 4 is 17.8 Å². The number of urea groups is 1. The molecule has 9 heteroatoms. The number of hydrogen-bond donors (Lipinski definition) is 2. The van der Waals surface area contributed by atoms with Gasteiger partial charge in [-0.25, -0.2) is 9.59 Å². The van der Waals surface area contributed by atoms with Gasteiger partial charge in [0, 0.05) is 36.0 Å². The Hall–Kier alpha value is -4.06. The zero-order valence-electron chi connectivity index (χ0n) is 21.7. The minimum Gasteiger partial charge on any atom is -0.496 e. The monoisotopic (exact) mass is 509 g/mol. The van der Waals surface area contributed by atoms with E-state index in [4.69, 9.17) is 19.3 Å². The Morgan fingerprint density at radius 3 is 2.59 bits per heavy atom. The molecule has 0 aromatic heterocycles. The van der Waals surface area contributed by atoms with Crippen molar-refractivity contribution < 1.29 is 28.9 Å². The lowest BCUT2D eigenvalue weighted by atomic mass is 10.1. The Kier molecular flexibility index (Phi) is 10.3. The largest absolute Gasteiger partial charge is 0.496 e. The minimum atomic E-state index is -1.12. The average molecular weight is 510 g/mol. The molecule has 0 unspecified atom stereocenters. The fraction of sp³-hybridized carbons (Fsp3) is 0.429. The predicted molar refractivity (Wildman–Crippen MR) is 142 cm³/mol. The van der Waals surface area contributed by atoms with E-state index in [0.717, 1.165) is 36.9 Å². The van der Waals surface area contributed by atoms with Crippen LogP contribution < -0.4 is 24.4 Å². The molecule has 1 saturated heterocycles.